The van der Waals surface area contributed by atoms with E-state index >= 15 is 0 Å². The highest BCUT2D eigenvalue weighted by molar-refractivity contribution is 5.90. The quantitative estimate of drug-likeness (QED) is 0.765. The summed E-state index contributed by atoms with van der Waals surface area (Å²) < 4.78 is 21.0. The Balaban J connectivity index is 1.60. The van der Waals surface area contributed by atoms with E-state index < -0.39 is 12.1 Å². The van der Waals surface area contributed by atoms with Gasteiger partial charge in [-0.25, -0.2) is 4.79 Å². The average Bonchev–Trinajstić information content (AvgIpc) is 3.29. The van der Waals surface area contributed by atoms with Crippen LogP contribution in [0.5, 0.6) is 11.5 Å². The predicted molar refractivity (Wildman–Crippen MR) is 91.8 cm³/mol. The van der Waals surface area contributed by atoms with Gasteiger partial charge in [0.25, 0.3) is 5.91 Å². The highest BCUT2D eigenvalue weighted by atomic mass is 16.7. The first-order valence-corrected chi connectivity index (χ1v) is 8.43. The Morgan fingerprint density at radius 1 is 1.19 bits per heavy atom. The number of ether oxygens (including phenoxy) is 3. The average molecular weight is 359 g/mol. The van der Waals surface area contributed by atoms with E-state index in [-0.39, 0.29) is 24.4 Å². The second-order valence-electron chi connectivity index (χ2n) is 6.41. The zero-order valence-electron chi connectivity index (χ0n) is 14.7. The molecule has 0 bridgehead atoms. The van der Waals surface area contributed by atoms with Gasteiger partial charge in [0.1, 0.15) is 0 Å². The van der Waals surface area contributed by atoms with E-state index in [1.54, 1.807) is 12.1 Å². The zero-order chi connectivity index (χ0) is 18.5. The lowest BCUT2D eigenvalue weighted by molar-refractivity contribution is -0.131. The number of esters is 1. The summed E-state index contributed by atoms with van der Waals surface area (Å²) in [5, 5.41) is 2.80. The van der Waals surface area contributed by atoms with E-state index in [0.29, 0.717) is 24.5 Å². The molecule has 2 heterocycles. The number of hydrogen-bond acceptors (Lipinski definition) is 6. The number of nitrogens with one attached hydrogen (secondary N) is 1. The molecule has 2 aromatic rings. The summed E-state index contributed by atoms with van der Waals surface area (Å²) in [5.74, 6) is 0.586. The molecule has 7 nitrogen and oxygen atoms in total. The zero-order valence-corrected chi connectivity index (χ0v) is 14.7. The molecule has 1 aliphatic heterocycles. The third-order valence-corrected chi connectivity index (χ3v) is 3.85. The molecule has 0 aliphatic carbocycles. The number of rotatable bonds is 7. The van der Waals surface area contributed by atoms with Crippen molar-refractivity contribution in [3.8, 4) is 11.5 Å². The highest BCUT2D eigenvalue weighted by Gasteiger charge is 2.26. The summed E-state index contributed by atoms with van der Waals surface area (Å²) in [6.45, 7) is 4.41. The number of benzene rings is 1. The van der Waals surface area contributed by atoms with E-state index in [2.05, 4.69) is 5.32 Å². The van der Waals surface area contributed by atoms with Crippen molar-refractivity contribution in [2.75, 3.05) is 6.79 Å². The normalized spacial score (nSPS) is 13.5. The Bertz CT molecular complexity index is 768. The molecule has 1 aromatic carbocycles. The lowest BCUT2D eigenvalue weighted by Crippen LogP contribution is -2.38. The van der Waals surface area contributed by atoms with Crippen molar-refractivity contribution in [1.29, 1.82) is 0 Å². The van der Waals surface area contributed by atoms with Gasteiger partial charge in [0.05, 0.1) is 6.26 Å². The standard InChI is InChI=1S/C19H21NO6/c1-12(2)8-17(26-19(22)15-4-3-7-23-15)18(21)20-10-13-5-6-14-16(9-13)25-11-24-14/h3-7,9,12,17H,8,10-11H2,1-2H3,(H,20,21). The minimum Gasteiger partial charge on any atom is -0.457 e. The van der Waals surface area contributed by atoms with Crippen molar-refractivity contribution in [1.82, 2.24) is 5.32 Å². The molecule has 0 saturated carbocycles. The second kappa shape index (κ2) is 7.95. The van der Waals surface area contributed by atoms with Crippen LogP contribution >= 0.6 is 0 Å². The number of carbonyl (C=O) groups excluding carboxylic acids is 2. The van der Waals surface area contributed by atoms with Gasteiger partial charge < -0.3 is 23.9 Å². The number of furan rings is 1. The lowest BCUT2D eigenvalue weighted by Gasteiger charge is -2.19. The van der Waals surface area contributed by atoms with Gasteiger partial charge in [-0.15, -0.1) is 0 Å². The number of fused-ring (bicyclic) bond motifs is 1. The van der Waals surface area contributed by atoms with Crippen molar-refractivity contribution >= 4 is 11.9 Å². The van der Waals surface area contributed by atoms with Crippen LogP contribution in [-0.4, -0.2) is 24.8 Å². The number of amides is 1. The summed E-state index contributed by atoms with van der Waals surface area (Å²) in [4.78, 5) is 24.6. The van der Waals surface area contributed by atoms with Gasteiger partial charge in [-0.2, -0.15) is 0 Å². The molecule has 7 heteroatoms. The molecule has 1 N–H and O–H groups in total. The molecular weight excluding hydrogens is 338 g/mol. The first-order valence-electron chi connectivity index (χ1n) is 8.43. The molecule has 1 aliphatic rings. The topological polar surface area (TPSA) is 87.0 Å². The Labute approximate surface area is 151 Å². The maximum atomic E-state index is 12.5. The van der Waals surface area contributed by atoms with Crippen molar-refractivity contribution in [2.45, 2.75) is 32.9 Å². The molecule has 138 valence electrons. The van der Waals surface area contributed by atoms with E-state index in [1.807, 2.05) is 26.0 Å². The molecule has 1 unspecified atom stereocenters. The maximum absolute atomic E-state index is 12.5. The van der Waals surface area contributed by atoms with Crippen molar-refractivity contribution in [3.63, 3.8) is 0 Å². The van der Waals surface area contributed by atoms with Gasteiger partial charge >= 0.3 is 5.97 Å². The Hall–Kier alpha value is -2.96. The van der Waals surface area contributed by atoms with Crippen LogP contribution in [-0.2, 0) is 16.1 Å². The van der Waals surface area contributed by atoms with E-state index in [4.69, 9.17) is 18.6 Å². The van der Waals surface area contributed by atoms with Crippen LogP contribution in [0.2, 0.25) is 0 Å². The van der Waals surface area contributed by atoms with E-state index in [0.717, 1.165) is 5.56 Å². The van der Waals surface area contributed by atoms with E-state index in [9.17, 15) is 9.59 Å². The fourth-order valence-electron chi connectivity index (χ4n) is 2.57. The summed E-state index contributed by atoms with van der Waals surface area (Å²) in [6.07, 6.45) is 0.911. The summed E-state index contributed by atoms with van der Waals surface area (Å²) in [6, 6.07) is 8.55. The van der Waals surface area contributed by atoms with Crippen LogP contribution in [0.4, 0.5) is 0 Å². The molecule has 1 aromatic heterocycles. The van der Waals surface area contributed by atoms with Crippen molar-refractivity contribution in [2.24, 2.45) is 5.92 Å². The molecule has 0 saturated heterocycles. The molecule has 1 atom stereocenters. The third-order valence-electron chi connectivity index (χ3n) is 3.85. The third kappa shape index (κ3) is 4.36. The maximum Gasteiger partial charge on any atom is 0.374 e. The Kier molecular flexibility index (Phi) is 5.46. The summed E-state index contributed by atoms with van der Waals surface area (Å²) in [5.41, 5.74) is 0.864. The lowest BCUT2D eigenvalue weighted by atomic mass is 10.1. The van der Waals surface area contributed by atoms with Gasteiger partial charge in [-0.1, -0.05) is 19.9 Å². The molecule has 26 heavy (non-hydrogen) atoms. The van der Waals surface area contributed by atoms with Gasteiger partial charge in [0.15, 0.2) is 17.6 Å². The monoisotopic (exact) mass is 359 g/mol. The summed E-state index contributed by atoms with van der Waals surface area (Å²) >= 11 is 0. The molecule has 1 amide bonds. The van der Waals surface area contributed by atoms with Crippen LogP contribution in [0.3, 0.4) is 0 Å². The van der Waals surface area contributed by atoms with Crippen LogP contribution in [0.15, 0.2) is 41.0 Å². The molecule has 0 spiro atoms. The highest BCUT2D eigenvalue weighted by Crippen LogP contribution is 2.32. The number of hydrogen-bond donors (Lipinski definition) is 1. The van der Waals surface area contributed by atoms with Crippen molar-refractivity contribution < 1.29 is 28.2 Å². The first-order chi connectivity index (χ1) is 12.5. The van der Waals surface area contributed by atoms with Gasteiger partial charge in [-0.05, 0) is 42.2 Å². The van der Waals surface area contributed by atoms with Crippen LogP contribution in [0.1, 0.15) is 36.4 Å². The van der Waals surface area contributed by atoms with Crippen LogP contribution < -0.4 is 14.8 Å². The second-order valence-corrected chi connectivity index (χ2v) is 6.41. The fourth-order valence-corrected chi connectivity index (χ4v) is 2.57. The SMILES string of the molecule is CC(C)CC(OC(=O)c1ccco1)C(=O)NCc1ccc2c(c1)OCO2. The predicted octanol–water partition coefficient (Wildman–Crippen LogP) is 2.90. The smallest absolute Gasteiger partial charge is 0.374 e. The largest absolute Gasteiger partial charge is 0.457 e. The minimum atomic E-state index is -0.887. The summed E-state index contributed by atoms with van der Waals surface area (Å²) in [7, 11) is 0. The minimum absolute atomic E-state index is 0.0716. The number of carbonyl (C=O) groups is 2. The van der Waals surface area contributed by atoms with E-state index in [1.165, 1.54) is 12.3 Å². The van der Waals surface area contributed by atoms with Gasteiger partial charge in [0.2, 0.25) is 12.6 Å². The molecule has 0 fully saturated rings. The molecule has 3 rings (SSSR count). The van der Waals surface area contributed by atoms with Crippen molar-refractivity contribution in [3.05, 3.63) is 47.9 Å². The Morgan fingerprint density at radius 2 is 2.00 bits per heavy atom. The van der Waals surface area contributed by atoms with Gasteiger partial charge in [-0.3, -0.25) is 4.79 Å². The van der Waals surface area contributed by atoms with Crippen LogP contribution in [0.25, 0.3) is 0 Å². The van der Waals surface area contributed by atoms with Crippen LogP contribution in [0, 0.1) is 5.92 Å². The molecular formula is C19H21NO6. The van der Waals surface area contributed by atoms with Gasteiger partial charge in [0, 0.05) is 6.54 Å². The Morgan fingerprint density at radius 3 is 2.73 bits per heavy atom. The fraction of sp³-hybridized carbons (Fsp3) is 0.368. The first kappa shape index (κ1) is 17.8. The molecule has 0 radical (unpaired) electrons.